The predicted octanol–water partition coefficient (Wildman–Crippen LogP) is 3.55. The van der Waals surface area contributed by atoms with E-state index in [2.05, 4.69) is 4.90 Å². The van der Waals surface area contributed by atoms with E-state index >= 15 is 0 Å². The summed E-state index contributed by atoms with van der Waals surface area (Å²) in [5, 5.41) is 0. The second-order valence-corrected chi connectivity index (χ2v) is 7.57. The monoisotopic (exact) mass is 264 g/mol. The second kappa shape index (κ2) is 6.13. The van der Waals surface area contributed by atoms with Crippen molar-refractivity contribution in [3.8, 4) is 0 Å². The molecular weight excluding hydrogens is 232 g/mol. The summed E-state index contributed by atoms with van der Waals surface area (Å²) >= 11 is 0. The minimum Gasteiger partial charge on any atom is -0.327 e. The van der Waals surface area contributed by atoms with Crippen LogP contribution in [0.3, 0.4) is 0 Å². The van der Waals surface area contributed by atoms with Gasteiger partial charge in [0.15, 0.2) is 0 Å². The molecule has 1 aliphatic heterocycles. The predicted molar refractivity (Wildman–Crippen MR) is 81.1 cm³/mol. The van der Waals surface area contributed by atoms with E-state index in [0.29, 0.717) is 6.04 Å². The van der Waals surface area contributed by atoms with Crippen LogP contribution in [0.25, 0.3) is 0 Å². The molecule has 110 valence electrons. The molecule has 0 aromatic carbocycles. The lowest BCUT2D eigenvalue weighted by molar-refractivity contribution is 0.0905. The zero-order valence-corrected chi connectivity index (χ0v) is 12.6. The quantitative estimate of drug-likeness (QED) is 0.773. The normalized spacial score (nSPS) is 36.5. The number of piperidine rings is 1. The van der Waals surface area contributed by atoms with Crippen LogP contribution in [0, 0.1) is 11.3 Å². The molecule has 2 heteroatoms. The van der Waals surface area contributed by atoms with E-state index in [4.69, 9.17) is 5.73 Å². The Balaban J connectivity index is 1.48. The molecule has 0 radical (unpaired) electrons. The largest absolute Gasteiger partial charge is 0.327 e. The van der Waals surface area contributed by atoms with Crippen molar-refractivity contribution in [2.24, 2.45) is 17.1 Å². The van der Waals surface area contributed by atoms with Crippen molar-refractivity contribution in [3.05, 3.63) is 0 Å². The standard InChI is InChI=1S/C17H32N2/c18-16-7-3-1-2-6-15(16)14-19-12-10-17(11-13-19)8-4-5-9-17/h15-16H,1-14,18H2. The molecule has 3 rings (SSSR count). The van der Waals surface area contributed by atoms with Crippen LogP contribution in [0.4, 0.5) is 0 Å². The second-order valence-electron chi connectivity index (χ2n) is 7.57. The Morgan fingerprint density at radius 3 is 2.26 bits per heavy atom. The number of nitrogens with two attached hydrogens (primary N) is 1. The van der Waals surface area contributed by atoms with Gasteiger partial charge in [-0.1, -0.05) is 32.1 Å². The Hall–Kier alpha value is -0.0800. The van der Waals surface area contributed by atoms with Gasteiger partial charge in [0.2, 0.25) is 0 Å². The van der Waals surface area contributed by atoms with E-state index < -0.39 is 0 Å². The van der Waals surface area contributed by atoms with Crippen LogP contribution < -0.4 is 5.73 Å². The summed E-state index contributed by atoms with van der Waals surface area (Å²) in [6.07, 6.45) is 15.8. The van der Waals surface area contributed by atoms with Gasteiger partial charge in [-0.3, -0.25) is 0 Å². The lowest BCUT2D eigenvalue weighted by Gasteiger charge is -2.41. The van der Waals surface area contributed by atoms with Crippen molar-refractivity contribution in [1.29, 1.82) is 0 Å². The average Bonchev–Trinajstić information content (AvgIpc) is 2.78. The topological polar surface area (TPSA) is 29.3 Å². The van der Waals surface area contributed by atoms with Crippen LogP contribution in [0.1, 0.15) is 70.6 Å². The molecule has 3 fully saturated rings. The molecule has 3 aliphatic rings. The summed E-state index contributed by atoms with van der Waals surface area (Å²) in [6, 6.07) is 0.477. The molecule has 0 bridgehead atoms. The van der Waals surface area contributed by atoms with E-state index in [1.807, 2.05) is 0 Å². The highest BCUT2D eigenvalue weighted by atomic mass is 15.1. The Morgan fingerprint density at radius 1 is 0.842 bits per heavy atom. The van der Waals surface area contributed by atoms with Gasteiger partial charge >= 0.3 is 0 Å². The zero-order valence-electron chi connectivity index (χ0n) is 12.6. The van der Waals surface area contributed by atoms with E-state index in [9.17, 15) is 0 Å². The van der Waals surface area contributed by atoms with Crippen LogP contribution in [-0.4, -0.2) is 30.6 Å². The van der Waals surface area contributed by atoms with Crippen molar-refractivity contribution in [1.82, 2.24) is 4.90 Å². The number of nitrogens with zero attached hydrogens (tertiary/aromatic N) is 1. The maximum Gasteiger partial charge on any atom is 0.00793 e. The molecule has 2 N–H and O–H groups in total. The molecule has 0 aromatic rings. The molecule has 2 saturated carbocycles. The summed E-state index contributed by atoms with van der Waals surface area (Å²) in [4.78, 5) is 2.74. The summed E-state index contributed by atoms with van der Waals surface area (Å²) in [6.45, 7) is 3.99. The molecule has 2 atom stereocenters. The van der Waals surface area contributed by atoms with E-state index in [1.165, 1.54) is 90.3 Å². The summed E-state index contributed by atoms with van der Waals surface area (Å²) in [5.41, 5.74) is 7.15. The molecule has 1 saturated heterocycles. The van der Waals surface area contributed by atoms with Crippen LogP contribution in [0.15, 0.2) is 0 Å². The van der Waals surface area contributed by atoms with Crippen molar-refractivity contribution in [3.63, 3.8) is 0 Å². The van der Waals surface area contributed by atoms with E-state index in [0.717, 1.165) is 11.3 Å². The van der Waals surface area contributed by atoms with Crippen LogP contribution in [0.5, 0.6) is 0 Å². The summed E-state index contributed by atoms with van der Waals surface area (Å²) < 4.78 is 0. The number of likely N-dealkylation sites (tertiary alicyclic amines) is 1. The van der Waals surface area contributed by atoms with Gasteiger partial charge in [0.05, 0.1) is 0 Å². The Morgan fingerprint density at radius 2 is 1.53 bits per heavy atom. The highest BCUT2D eigenvalue weighted by Crippen LogP contribution is 2.46. The average molecular weight is 264 g/mol. The lowest BCUT2D eigenvalue weighted by Crippen LogP contribution is -2.44. The minimum atomic E-state index is 0.477. The Labute approximate surface area is 119 Å². The van der Waals surface area contributed by atoms with Gasteiger partial charge in [-0.2, -0.15) is 0 Å². The SMILES string of the molecule is NC1CCCCCC1CN1CCC2(CCCC2)CC1. The molecule has 0 aromatic heterocycles. The lowest BCUT2D eigenvalue weighted by atomic mass is 9.77. The highest BCUT2D eigenvalue weighted by Gasteiger charge is 2.37. The summed E-state index contributed by atoms with van der Waals surface area (Å²) in [7, 11) is 0. The number of rotatable bonds is 2. The third-order valence-electron chi connectivity index (χ3n) is 6.29. The first kappa shape index (κ1) is 13.9. The van der Waals surface area contributed by atoms with Crippen molar-refractivity contribution >= 4 is 0 Å². The molecule has 1 spiro atoms. The van der Waals surface area contributed by atoms with Gasteiger partial charge < -0.3 is 10.6 Å². The van der Waals surface area contributed by atoms with Crippen LogP contribution >= 0.6 is 0 Å². The van der Waals surface area contributed by atoms with Crippen LogP contribution in [0.2, 0.25) is 0 Å². The maximum absolute atomic E-state index is 6.39. The van der Waals surface area contributed by atoms with Gasteiger partial charge in [0.1, 0.15) is 0 Å². The molecule has 0 amide bonds. The molecule has 2 nitrogen and oxygen atoms in total. The number of hydrogen-bond donors (Lipinski definition) is 1. The molecule has 19 heavy (non-hydrogen) atoms. The first-order valence-electron chi connectivity index (χ1n) is 8.75. The van der Waals surface area contributed by atoms with Gasteiger partial charge in [-0.15, -0.1) is 0 Å². The molecule has 1 heterocycles. The number of hydrogen-bond acceptors (Lipinski definition) is 2. The van der Waals surface area contributed by atoms with Crippen molar-refractivity contribution in [2.75, 3.05) is 19.6 Å². The highest BCUT2D eigenvalue weighted by molar-refractivity contribution is 4.90. The fraction of sp³-hybridized carbons (Fsp3) is 1.00. The molecule has 2 aliphatic carbocycles. The zero-order chi connectivity index (χ0) is 13.1. The first-order chi connectivity index (χ1) is 9.27. The maximum atomic E-state index is 6.39. The van der Waals surface area contributed by atoms with Crippen LogP contribution in [-0.2, 0) is 0 Å². The van der Waals surface area contributed by atoms with E-state index in [-0.39, 0.29) is 0 Å². The first-order valence-corrected chi connectivity index (χ1v) is 8.75. The smallest absolute Gasteiger partial charge is 0.00793 e. The fourth-order valence-electron chi connectivity index (χ4n) is 4.81. The third-order valence-corrected chi connectivity index (χ3v) is 6.29. The van der Waals surface area contributed by atoms with E-state index in [1.54, 1.807) is 0 Å². The Bertz CT molecular complexity index is 273. The third kappa shape index (κ3) is 3.33. The van der Waals surface area contributed by atoms with Gasteiger partial charge in [-0.05, 0) is 62.9 Å². The molecular formula is C17H32N2. The van der Waals surface area contributed by atoms with Gasteiger partial charge in [-0.25, -0.2) is 0 Å². The van der Waals surface area contributed by atoms with Crippen molar-refractivity contribution < 1.29 is 0 Å². The minimum absolute atomic E-state index is 0.477. The Kier molecular flexibility index (Phi) is 4.48. The van der Waals surface area contributed by atoms with Gasteiger partial charge in [0.25, 0.3) is 0 Å². The van der Waals surface area contributed by atoms with Crippen molar-refractivity contribution in [2.45, 2.75) is 76.7 Å². The molecule has 2 unspecified atom stereocenters. The summed E-state index contributed by atoms with van der Waals surface area (Å²) in [5.74, 6) is 0.778. The fourth-order valence-corrected chi connectivity index (χ4v) is 4.81. The van der Waals surface area contributed by atoms with Gasteiger partial charge in [0, 0.05) is 12.6 Å².